The van der Waals surface area contributed by atoms with E-state index in [4.69, 9.17) is 4.74 Å². The first-order chi connectivity index (χ1) is 9.62. The third-order valence-electron chi connectivity index (χ3n) is 3.40. The summed E-state index contributed by atoms with van der Waals surface area (Å²) in [5.41, 5.74) is 0.151. The summed E-state index contributed by atoms with van der Waals surface area (Å²) in [6.45, 7) is 4.96. The molecule has 4 nitrogen and oxygen atoms in total. The van der Waals surface area contributed by atoms with E-state index < -0.39 is 5.97 Å². The van der Waals surface area contributed by atoms with Gasteiger partial charge in [-0.2, -0.15) is 0 Å². The van der Waals surface area contributed by atoms with Gasteiger partial charge in [-0.15, -0.1) is 0 Å². The largest absolute Gasteiger partial charge is 0.507 e. The van der Waals surface area contributed by atoms with Gasteiger partial charge in [-0.1, -0.05) is 33.1 Å². The monoisotopic (exact) mass is 280 g/mol. The quantitative estimate of drug-likeness (QED) is 0.736. The van der Waals surface area contributed by atoms with Crippen LogP contribution in [0.15, 0.2) is 18.2 Å². The number of ether oxygens (including phenoxy) is 2. The predicted molar refractivity (Wildman–Crippen MR) is 78.2 cm³/mol. The first-order valence-corrected chi connectivity index (χ1v) is 7.16. The Balaban J connectivity index is 2.60. The molecule has 0 saturated heterocycles. The number of hydrogen-bond donors (Lipinski definition) is 1. The summed E-state index contributed by atoms with van der Waals surface area (Å²) in [6, 6.07) is 4.65. The van der Waals surface area contributed by atoms with Crippen molar-refractivity contribution in [2.75, 3.05) is 13.7 Å². The van der Waals surface area contributed by atoms with Crippen molar-refractivity contribution >= 4 is 5.97 Å². The molecule has 1 aromatic carbocycles. The number of aromatic hydroxyl groups is 1. The fourth-order valence-corrected chi connectivity index (χ4v) is 2.00. The lowest BCUT2D eigenvalue weighted by molar-refractivity contribution is 0.0597. The minimum Gasteiger partial charge on any atom is -0.507 e. The molecule has 0 radical (unpaired) electrons. The highest BCUT2D eigenvalue weighted by molar-refractivity contribution is 5.92. The Morgan fingerprint density at radius 1 is 1.35 bits per heavy atom. The Labute approximate surface area is 120 Å². The SMILES string of the molecule is CCCCC(CC)COc1ccc(C(=O)OC)c(O)c1. The van der Waals surface area contributed by atoms with E-state index in [1.165, 1.54) is 32.1 Å². The van der Waals surface area contributed by atoms with Gasteiger partial charge in [-0.3, -0.25) is 0 Å². The maximum absolute atomic E-state index is 11.4. The first-order valence-electron chi connectivity index (χ1n) is 7.16. The second-order valence-corrected chi connectivity index (χ2v) is 4.90. The van der Waals surface area contributed by atoms with Crippen LogP contribution in [-0.4, -0.2) is 24.8 Å². The van der Waals surface area contributed by atoms with E-state index in [0.717, 1.165) is 12.8 Å². The molecule has 0 heterocycles. The van der Waals surface area contributed by atoms with Crippen molar-refractivity contribution in [3.05, 3.63) is 23.8 Å². The number of benzene rings is 1. The van der Waals surface area contributed by atoms with Gasteiger partial charge in [0.25, 0.3) is 0 Å². The molecule has 0 aliphatic rings. The van der Waals surface area contributed by atoms with Crippen molar-refractivity contribution < 1.29 is 19.4 Å². The molecule has 20 heavy (non-hydrogen) atoms. The number of esters is 1. The number of hydrogen-bond acceptors (Lipinski definition) is 4. The molecule has 0 spiro atoms. The lowest BCUT2D eigenvalue weighted by Crippen LogP contribution is -2.11. The molecule has 1 N–H and O–H groups in total. The van der Waals surface area contributed by atoms with Gasteiger partial charge in [0.15, 0.2) is 0 Å². The van der Waals surface area contributed by atoms with Crippen LogP contribution in [0.4, 0.5) is 0 Å². The molecule has 0 aromatic heterocycles. The van der Waals surface area contributed by atoms with Crippen molar-refractivity contribution in [3.63, 3.8) is 0 Å². The third kappa shape index (κ3) is 4.76. The molecule has 0 fully saturated rings. The number of rotatable bonds is 8. The van der Waals surface area contributed by atoms with Crippen molar-refractivity contribution in [2.24, 2.45) is 5.92 Å². The molecule has 4 heteroatoms. The highest BCUT2D eigenvalue weighted by Gasteiger charge is 2.13. The molecular formula is C16H24O4. The van der Waals surface area contributed by atoms with E-state index in [2.05, 4.69) is 18.6 Å². The summed E-state index contributed by atoms with van der Waals surface area (Å²) in [5.74, 6) is 0.432. The van der Waals surface area contributed by atoms with E-state index in [1.807, 2.05) is 0 Å². The molecule has 0 saturated carbocycles. The number of phenolic OH excluding ortho intramolecular Hbond substituents is 1. The van der Waals surface area contributed by atoms with E-state index in [-0.39, 0.29) is 11.3 Å². The van der Waals surface area contributed by atoms with Crippen LogP contribution in [0.3, 0.4) is 0 Å². The van der Waals surface area contributed by atoms with Crippen LogP contribution in [0.5, 0.6) is 11.5 Å². The van der Waals surface area contributed by atoms with Gasteiger partial charge in [-0.05, 0) is 24.5 Å². The highest BCUT2D eigenvalue weighted by atomic mass is 16.5. The summed E-state index contributed by atoms with van der Waals surface area (Å²) in [7, 11) is 1.28. The molecule has 112 valence electrons. The summed E-state index contributed by atoms with van der Waals surface area (Å²) in [5, 5.41) is 9.78. The van der Waals surface area contributed by atoms with Gasteiger partial charge in [-0.25, -0.2) is 4.79 Å². The fraction of sp³-hybridized carbons (Fsp3) is 0.562. The number of unbranched alkanes of at least 4 members (excludes halogenated alkanes) is 1. The van der Waals surface area contributed by atoms with E-state index in [9.17, 15) is 9.90 Å². The van der Waals surface area contributed by atoms with Crippen molar-refractivity contribution in [2.45, 2.75) is 39.5 Å². The average molecular weight is 280 g/mol. The summed E-state index contributed by atoms with van der Waals surface area (Å²) < 4.78 is 10.3. The second-order valence-electron chi connectivity index (χ2n) is 4.90. The van der Waals surface area contributed by atoms with Crippen molar-refractivity contribution in [1.82, 2.24) is 0 Å². The molecule has 1 unspecified atom stereocenters. The number of carbonyl (C=O) groups is 1. The maximum atomic E-state index is 11.4. The first kappa shape index (κ1) is 16.3. The van der Waals surface area contributed by atoms with Gasteiger partial charge >= 0.3 is 5.97 Å². The molecule has 1 atom stereocenters. The topological polar surface area (TPSA) is 55.8 Å². The Kier molecular flexibility index (Phi) is 6.91. The molecular weight excluding hydrogens is 256 g/mol. The number of methoxy groups -OCH3 is 1. The lowest BCUT2D eigenvalue weighted by atomic mass is 10.0. The molecule has 1 rings (SSSR count). The maximum Gasteiger partial charge on any atom is 0.341 e. The number of phenols is 1. The average Bonchev–Trinajstić information content (AvgIpc) is 2.47. The van der Waals surface area contributed by atoms with Crippen LogP contribution >= 0.6 is 0 Å². The second kappa shape index (κ2) is 8.46. The van der Waals surface area contributed by atoms with E-state index in [0.29, 0.717) is 18.3 Å². The Bertz CT molecular complexity index is 428. The zero-order valence-electron chi connectivity index (χ0n) is 12.5. The zero-order chi connectivity index (χ0) is 15.0. The highest BCUT2D eigenvalue weighted by Crippen LogP contribution is 2.25. The fourth-order valence-electron chi connectivity index (χ4n) is 2.00. The lowest BCUT2D eigenvalue weighted by Gasteiger charge is -2.16. The van der Waals surface area contributed by atoms with Gasteiger partial charge in [0, 0.05) is 6.07 Å². The molecule has 0 aliphatic carbocycles. The summed E-state index contributed by atoms with van der Waals surface area (Å²) in [6.07, 6.45) is 4.62. The van der Waals surface area contributed by atoms with Crippen molar-refractivity contribution in [1.29, 1.82) is 0 Å². The molecule has 0 aliphatic heterocycles. The zero-order valence-corrected chi connectivity index (χ0v) is 12.5. The van der Waals surface area contributed by atoms with Gasteiger partial charge in [0.05, 0.1) is 13.7 Å². The Hall–Kier alpha value is -1.71. The van der Waals surface area contributed by atoms with Crippen LogP contribution in [0, 0.1) is 5.92 Å². The Morgan fingerprint density at radius 3 is 2.65 bits per heavy atom. The van der Waals surface area contributed by atoms with Crippen molar-refractivity contribution in [3.8, 4) is 11.5 Å². The normalized spacial score (nSPS) is 11.9. The van der Waals surface area contributed by atoms with E-state index >= 15 is 0 Å². The van der Waals surface area contributed by atoms with Crippen LogP contribution in [-0.2, 0) is 4.74 Å². The molecule has 0 amide bonds. The summed E-state index contributed by atoms with van der Waals surface area (Å²) >= 11 is 0. The van der Waals surface area contributed by atoms with Crippen LogP contribution < -0.4 is 4.74 Å². The minimum atomic E-state index is -0.552. The minimum absolute atomic E-state index is 0.115. The summed E-state index contributed by atoms with van der Waals surface area (Å²) in [4.78, 5) is 11.4. The standard InChI is InChI=1S/C16H24O4/c1-4-6-7-12(5-2)11-20-13-8-9-14(15(17)10-13)16(18)19-3/h8-10,12,17H,4-7,11H2,1-3H3. The predicted octanol–water partition coefficient (Wildman–Crippen LogP) is 3.77. The van der Waals surface area contributed by atoms with Crippen LogP contribution in [0.25, 0.3) is 0 Å². The smallest absolute Gasteiger partial charge is 0.341 e. The number of carbonyl (C=O) groups excluding carboxylic acids is 1. The van der Waals surface area contributed by atoms with Gasteiger partial charge in [0.1, 0.15) is 17.1 Å². The van der Waals surface area contributed by atoms with E-state index in [1.54, 1.807) is 6.07 Å². The van der Waals surface area contributed by atoms with Crippen LogP contribution in [0.2, 0.25) is 0 Å². The van der Waals surface area contributed by atoms with Gasteiger partial charge in [0.2, 0.25) is 0 Å². The third-order valence-corrected chi connectivity index (χ3v) is 3.40. The molecule has 1 aromatic rings. The Morgan fingerprint density at radius 2 is 2.10 bits per heavy atom. The van der Waals surface area contributed by atoms with Crippen LogP contribution in [0.1, 0.15) is 49.9 Å². The van der Waals surface area contributed by atoms with Gasteiger partial charge < -0.3 is 14.6 Å². The molecule has 0 bridgehead atoms.